The second kappa shape index (κ2) is 6.60. The van der Waals surface area contributed by atoms with Crippen LogP contribution in [0.2, 0.25) is 0 Å². The summed E-state index contributed by atoms with van der Waals surface area (Å²) >= 11 is 0. The van der Waals surface area contributed by atoms with E-state index in [1.807, 2.05) is 13.0 Å². The molecule has 2 aromatic carbocycles. The second-order valence-electron chi connectivity index (χ2n) is 5.57. The zero-order valence-electron chi connectivity index (χ0n) is 13.8. The number of nitrogens with zero attached hydrogens (tertiary/aromatic N) is 1. The first kappa shape index (κ1) is 16.4. The van der Waals surface area contributed by atoms with Crippen LogP contribution in [0.15, 0.2) is 54.1 Å². The Morgan fingerprint density at radius 2 is 1.80 bits per heavy atom. The molecule has 0 aliphatic carbocycles. The largest absolute Gasteiger partial charge is 0.497 e. The van der Waals surface area contributed by atoms with Crippen molar-refractivity contribution < 1.29 is 19.1 Å². The number of carbonyl (C=O) groups excluding carboxylic acids is 3. The molecule has 0 bridgehead atoms. The maximum absolute atomic E-state index is 12.8. The molecule has 0 atom stereocenters. The molecular formula is C19H16N2O4. The lowest BCUT2D eigenvalue weighted by Gasteiger charge is -2.26. The number of amides is 4. The normalized spacial score (nSPS) is 16.2. The van der Waals surface area contributed by atoms with Crippen molar-refractivity contribution in [3.05, 3.63) is 65.2 Å². The van der Waals surface area contributed by atoms with E-state index >= 15 is 0 Å². The van der Waals surface area contributed by atoms with Crippen molar-refractivity contribution in [3.8, 4) is 5.75 Å². The Labute approximate surface area is 144 Å². The number of aryl methyl sites for hydroxylation is 1. The molecule has 6 nitrogen and oxygen atoms in total. The van der Waals surface area contributed by atoms with Gasteiger partial charge in [-0.2, -0.15) is 0 Å². The Balaban J connectivity index is 2.02. The average molecular weight is 336 g/mol. The minimum Gasteiger partial charge on any atom is -0.497 e. The van der Waals surface area contributed by atoms with Crippen LogP contribution in [0.5, 0.6) is 5.75 Å². The van der Waals surface area contributed by atoms with Crippen molar-refractivity contribution in [2.45, 2.75) is 6.92 Å². The summed E-state index contributed by atoms with van der Waals surface area (Å²) in [7, 11) is 1.53. The molecule has 0 radical (unpaired) electrons. The van der Waals surface area contributed by atoms with E-state index in [0.29, 0.717) is 17.0 Å². The van der Waals surface area contributed by atoms with E-state index in [1.165, 1.54) is 13.2 Å². The number of anilines is 1. The average Bonchev–Trinajstić information content (AvgIpc) is 2.59. The van der Waals surface area contributed by atoms with Gasteiger partial charge in [-0.15, -0.1) is 0 Å². The first-order valence-corrected chi connectivity index (χ1v) is 7.62. The summed E-state index contributed by atoms with van der Waals surface area (Å²) < 4.78 is 5.14. The molecule has 1 aliphatic rings. The maximum atomic E-state index is 12.8. The molecule has 4 amide bonds. The van der Waals surface area contributed by atoms with Crippen molar-refractivity contribution >= 4 is 29.6 Å². The molecular weight excluding hydrogens is 320 g/mol. The summed E-state index contributed by atoms with van der Waals surface area (Å²) in [6, 6.07) is 13.1. The van der Waals surface area contributed by atoms with Gasteiger partial charge in [-0.1, -0.05) is 24.3 Å². The fraction of sp³-hybridized carbons (Fsp3) is 0.105. The van der Waals surface area contributed by atoms with Gasteiger partial charge in [0.15, 0.2) is 0 Å². The smallest absolute Gasteiger partial charge is 0.335 e. The van der Waals surface area contributed by atoms with E-state index in [0.717, 1.165) is 10.5 Å². The van der Waals surface area contributed by atoms with Gasteiger partial charge in [0.25, 0.3) is 11.8 Å². The van der Waals surface area contributed by atoms with Crippen LogP contribution >= 0.6 is 0 Å². The molecule has 1 N–H and O–H groups in total. The summed E-state index contributed by atoms with van der Waals surface area (Å²) in [4.78, 5) is 38.0. The van der Waals surface area contributed by atoms with E-state index < -0.39 is 17.8 Å². The first-order chi connectivity index (χ1) is 12.0. The number of hydrogen-bond acceptors (Lipinski definition) is 4. The summed E-state index contributed by atoms with van der Waals surface area (Å²) in [6.07, 6.45) is 1.44. The molecule has 1 aliphatic heterocycles. The van der Waals surface area contributed by atoms with Gasteiger partial charge in [-0.25, -0.2) is 9.69 Å². The molecule has 0 aromatic heterocycles. The van der Waals surface area contributed by atoms with Crippen molar-refractivity contribution in [3.63, 3.8) is 0 Å². The molecule has 0 spiro atoms. The third-order valence-electron chi connectivity index (χ3n) is 3.77. The minimum atomic E-state index is -0.761. The molecule has 25 heavy (non-hydrogen) atoms. The number of methoxy groups -OCH3 is 1. The number of carbonyl (C=O) groups is 3. The number of hydrogen-bond donors (Lipinski definition) is 1. The Morgan fingerprint density at radius 1 is 1.04 bits per heavy atom. The maximum Gasteiger partial charge on any atom is 0.335 e. The van der Waals surface area contributed by atoms with Gasteiger partial charge in [0, 0.05) is 0 Å². The van der Waals surface area contributed by atoms with Crippen LogP contribution in [0, 0.1) is 6.92 Å². The Morgan fingerprint density at radius 3 is 2.52 bits per heavy atom. The van der Waals surface area contributed by atoms with Gasteiger partial charge in [-0.3, -0.25) is 14.9 Å². The molecule has 126 valence electrons. The van der Waals surface area contributed by atoms with E-state index in [2.05, 4.69) is 5.32 Å². The summed E-state index contributed by atoms with van der Waals surface area (Å²) in [6.45, 7) is 1.86. The minimum absolute atomic E-state index is 0.116. The molecule has 3 rings (SSSR count). The Kier molecular flexibility index (Phi) is 4.35. The topological polar surface area (TPSA) is 75.7 Å². The SMILES string of the molecule is COc1cccc(/C=C2\C(=O)NC(=O)N(c3cccc(C)c3)C2=O)c1. The lowest BCUT2D eigenvalue weighted by atomic mass is 10.1. The number of barbiturate groups is 1. The zero-order valence-corrected chi connectivity index (χ0v) is 13.8. The lowest BCUT2D eigenvalue weighted by Crippen LogP contribution is -2.54. The van der Waals surface area contributed by atoms with E-state index in [1.54, 1.807) is 42.5 Å². The van der Waals surface area contributed by atoms with Gasteiger partial charge in [-0.05, 0) is 48.4 Å². The van der Waals surface area contributed by atoms with Crippen molar-refractivity contribution in [2.24, 2.45) is 0 Å². The number of urea groups is 1. The third kappa shape index (κ3) is 3.28. The van der Waals surface area contributed by atoms with E-state index in [-0.39, 0.29) is 5.57 Å². The standard InChI is InChI=1S/C19H16N2O4/c1-12-5-3-7-14(9-12)21-18(23)16(17(22)20-19(21)24)11-13-6-4-8-15(10-13)25-2/h3-11H,1-2H3,(H,20,22,24)/b16-11+. The van der Waals surface area contributed by atoms with Crippen LogP contribution in [-0.4, -0.2) is 25.0 Å². The summed E-state index contributed by atoms with van der Waals surface area (Å²) in [5.74, 6) is -0.784. The van der Waals surface area contributed by atoms with Crippen LogP contribution in [0.1, 0.15) is 11.1 Å². The number of ether oxygens (including phenoxy) is 1. The highest BCUT2D eigenvalue weighted by Crippen LogP contribution is 2.23. The quantitative estimate of drug-likeness (QED) is 0.691. The number of rotatable bonds is 3. The molecule has 1 fully saturated rings. The van der Waals surface area contributed by atoms with E-state index in [4.69, 9.17) is 4.74 Å². The number of nitrogens with one attached hydrogen (secondary N) is 1. The highest BCUT2D eigenvalue weighted by molar-refractivity contribution is 6.39. The van der Waals surface area contributed by atoms with Gasteiger partial charge in [0.2, 0.25) is 0 Å². The highest BCUT2D eigenvalue weighted by Gasteiger charge is 2.36. The number of imide groups is 2. The van der Waals surface area contributed by atoms with Crippen LogP contribution in [0.3, 0.4) is 0 Å². The Hall–Kier alpha value is -3.41. The fourth-order valence-corrected chi connectivity index (χ4v) is 2.56. The van der Waals surface area contributed by atoms with Crippen LogP contribution in [-0.2, 0) is 9.59 Å². The molecule has 1 saturated heterocycles. The monoisotopic (exact) mass is 336 g/mol. The van der Waals surface area contributed by atoms with E-state index in [9.17, 15) is 14.4 Å². The summed E-state index contributed by atoms with van der Waals surface area (Å²) in [5.41, 5.74) is 1.81. The van der Waals surface area contributed by atoms with Crippen molar-refractivity contribution in [2.75, 3.05) is 12.0 Å². The van der Waals surface area contributed by atoms with Gasteiger partial charge in [0.05, 0.1) is 12.8 Å². The fourth-order valence-electron chi connectivity index (χ4n) is 2.56. The molecule has 0 unspecified atom stereocenters. The third-order valence-corrected chi connectivity index (χ3v) is 3.77. The van der Waals surface area contributed by atoms with Crippen LogP contribution in [0.4, 0.5) is 10.5 Å². The van der Waals surface area contributed by atoms with Gasteiger partial charge < -0.3 is 4.74 Å². The second-order valence-corrected chi connectivity index (χ2v) is 5.57. The predicted molar refractivity (Wildman–Crippen MR) is 93.2 cm³/mol. The first-order valence-electron chi connectivity index (χ1n) is 7.62. The molecule has 2 aromatic rings. The van der Waals surface area contributed by atoms with Crippen molar-refractivity contribution in [1.29, 1.82) is 0 Å². The zero-order chi connectivity index (χ0) is 18.0. The lowest BCUT2D eigenvalue weighted by molar-refractivity contribution is -0.122. The van der Waals surface area contributed by atoms with Crippen LogP contribution < -0.4 is 15.0 Å². The van der Waals surface area contributed by atoms with Crippen LogP contribution in [0.25, 0.3) is 6.08 Å². The summed E-state index contributed by atoms with van der Waals surface area (Å²) in [5, 5.41) is 2.20. The Bertz CT molecular complexity index is 902. The van der Waals surface area contributed by atoms with Gasteiger partial charge >= 0.3 is 6.03 Å². The van der Waals surface area contributed by atoms with Gasteiger partial charge in [0.1, 0.15) is 11.3 Å². The molecule has 6 heteroatoms. The molecule has 1 heterocycles. The van der Waals surface area contributed by atoms with Crippen molar-refractivity contribution in [1.82, 2.24) is 5.32 Å². The highest BCUT2D eigenvalue weighted by atomic mass is 16.5. The molecule has 0 saturated carbocycles. The predicted octanol–water partition coefficient (Wildman–Crippen LogP) is 2.67. The number of benzene rings is 2.